The average molecular weight is 354 g/mol. The first-order chi connectivity index (χ1) is 11.8. The van der Waals surface area contributed by atoms with Crippen molar-refractivity contribution in [2.75, 3.05) is 4.72 Å². The summed E-state index contributed by atoms with van der Waals surface area (Å²) in [5, 5.41) is 0. The number of nitrogens with zero attached hydrogens (tertiary/aromatic N) is 1. The Balaban J connectivity index is 1.93. The van der Waals surface area contributed by atoms with E-state index in [-0.39, 0.29) is 10.3 Å². The van der Waals surface area contributed by atoms with Crippen molar-refractivity contribution in [3.8, 4) is 5.69 Å². The molecule has 5 heteroatoms. The van der Waals surface area contributed by atoms with Gasteiger partial charge in [-0.3, -0.25) is 4.72 Å². The number of rotatable bonds is 4. The SMILES string of the molecule is CC(C)(C)c1ccc(S(=O)(=O)Nc2ccccc2-n2cccc2)cc1. The van der Waals surface area contributed by atoms with E-state index in [2.05, 4.69) is 25.5 Å². The van der Waals surface area contributed by atoms with Crippen LogP contribution >= 0.6 is 0 Å². The van der Waals surface area contributed by atoms with Crippen molar-refractivity contribution in [2.45, 2.75) is 31.1 Å². The summed E-state index contributed by atoms with van der Waals surface area (Å²) in [6.45, 7) is 6.30. The lowest BCUT2D eigenvalue weighted by Crippen LogP contribution is -2.16. The molecule has 0 fully saturated rings. The van der Waals surface area contributed by atoms with Crippen molar-refractivity contribution in [3.05, 3.63) is 78.6 Å². The highest BCUT2D eigenvalue weighted by Crippen LogP contribution is 2.26. The van der Waals surface area contributed by atoms with Crippen LogP contribution in [0.1, 0.15) is 26.3 Å². The molecule has 0 radical (unpaired) electrons. The minimum Gasteiger partial charge on any atom is -0.322 e. The molecule has 3 rings (SSSR count). The third-order valence-corrected chi connectivity index (χ3v) is 5.44. The van der Waals surface area contributed by atoms with Crippen LogP contribution in [0.5, 0.6) is 0 Å². The summed E-state index contributed by atoms with van der Waals surface area (Å²) in [5.41, 5.74) is 2.40. The van der Waals surface area contributed by atoms with E-state index in [1.807, 2.05) is 59.4 Å². The Morgan fingerprint density at radius 2 is 1.44 bits per heavy atom. The molecular weight excluding hydrogens is 332 g/mol. The number of nitrogens with one attached hydrogen (secondary N) is 1. The van der Waals surface area contributed by atoms with Crippen LogP contribution in [0.3, 0.4) is 0 Å². The zero-order chi connectivity index (χ0) is 18.1. The van der Waals surface area contributed by atoms with E-state index in [9.17, 15) is 8.42 Å². The second-order valence-corrected chi connectivity index (χ2v) is 8.67. The van der Waals surface area contributed by atoms with Gasteiger partial charge in [0.05, 0.1) is 16.3 Å². The number of anilines is 1. The molecule has 1 aromatic heterocycles. The van der Waals surface area contributed by atoms with E-state index >= 15 is 0 Å². The molecular formula is C20H22N2O2S. The lowest BCUT2D eigenvalue weighted by molar-refractivity contribution is 0.587. The topological polar surface area (TPSA) is 51.1 Å². The van der Waals surface area contributed by atoms with E-state index in [4.69, 9.17) is 0 Å². The molecule has 0 saturated carbocycles. The van der Waals surface area contributed by atoms with Crippen LogP contribution in [0.15, 0.2) is 78.0 Å². The van der Waals surface area contributed by atoms with Crippen molar-refractivity contribution < 1.29 is 8.42 Å². The predicted octanol–water partition coefficient (Wildman–Crippen LogP) is 4.58. The summed E-state index contributed by atoms with van der Waals surface area (Å²) in [5.74, 6) is 0. The first-order valence-corrected chi connectivity index (χ1v) is 9.61. The fraction of sp³-hybridized carbons (Fsp3) is 0.200. The molecule has 0 atom stereocenters. The molecule has 3 aromatic rings. The summed E-state index contributed by atoms with van der Waals surface area (Å²) in [7, 11) is -3.65. The molecule has 0 aliphatic heterocycles. The molecule has 0 unspecified atom stereocenters. The number of sulfonamides is 1. The predicted molar refractivity (Wildman–Crippen MR) is 102 cm³/mol. The molecule has 0 aliphatic carbocycles. The normalized spacial score (nSPS) is 12.1. The van der Waals surface area contributed by atoms with Gasteiger partial charge in [-0.2, -0.15) is 0 Å². The number of aromatic nitrogens is 1. The van der Waals surface area contributed by atoms with Crippen LogP contribution in [0, 0.1) is 0 Å². The van der Waals surface area contributed by atoms with Gasteiger partial charge in [-0.1, -0.05) is 45.0 Å². The average Bonchev–Trinajstić information content (AvgIpc) is 3.09. The lowest BCUT2D eigenvalue weighted by atomic mass is 9.87. The summed E-state index contributed by atoms with van der Waals surface area (Å²) in [4.78, 5) is 0.253. The van der Waals surface area contributed by atoms with E-state index in [0.717, 1.165) is 11.3 Å². The van der Waals surface area contributed by atoms with Crippen LogP contribution in [-0.2, 0) is 15.4 Å². The Hall–Kier alpha value is -2.53. The van der Waals surface area contributed by atoms with Crippen LogP contribution in [0.4, 0.5) is 5.69 Å². The summed E-state index contributed by atoms with van der Waals surface area (Å²) >= 11 is 0. The van der Waals surface area contributed by atoms with Gasteiger partial charge in [-0.25, -0.2) is 8.42 Å². The number of benzene rings is 2. The van der Waals surface area contributed by atoms with Gasteiger partial charge in [0.15, 0.2) is 0 Å². The molecule has 0 spiro atoms. The van der Waals surface area contributed by atoms with Crippen molar-refractivity contribution >= 4 is 15.7 Å². The molecule has 0 bridgehead atoms. The first kappa shape index (κ1) is 17.3. The molecule has 0 saturated heterocycles. The highest BCUT2D eigenvalue weighted by Gasteiger charge is 2.18. The maximum atomic E-state index is 12.8. The maximum Gasteiger partial charge on any atom is 0.261 e. The van der Waals surface area contributed by atoms with Crippen LogP contribution in [-0.4, -0.2) is 13.0 Å². The maximum absolute atomic E-state index is 12.8. The molecule has 0 aliphatic rings. The van der Waals surface area contributed by atoms with Crippen molar-refractivity contribution in [1.82, 2.24) is 4.57 Å². The Kier molecular flexibility index (Phi) is 4.43. The zero-order valence-corrected chi connectivity index (χ0v) is 15.4. The van der Waals surface area contributed by atoms with Crippen LogP contribution < -0.4 is 4.72 Å². The van der Waals surface area contributed by atoms with Gasteiger partial charge in [0.25, 0.3) is 10.0 Å². The largest absolute Gasteiger partial charge is 0.322 e. The second kappa shape index (κ2) is 6.41. The summed E-state index contributed by atoms with van der Waals surface area (Å²) in [6.07, 6.45) is 3.76. The van der Waals surface area contributed by atoms with Gasteiger partial charge in [-0.15, -0.1) is 0 Å². The van der Waals surface area contributed by atoms with E-state index in [0.29, 0.717) is 5.69 Å². The Morgan fingerprint density at radius 3 is 2.04 bits per heavy atom. The second-order valence-electron chi connectivity index (χ2n) is 6.99. The smallest absolute Gasteiger partial charge is 0.261 e. The van der Waals surface area contributed by atoms with E-state index < -0.39 is 10.0 Å². The molecule has 130 valence electrons. The molecule has 1 heterocycles. The highest BCUT2D eigenvalue weighted by atomic mass is 32.2. The Bertz CT molecular complexity index is 952. The molecule has 25 heavy (non-hydrogen) atoms. The minimum absolute atomic E-state index is 0.0171. The van der Waals surface area contributed by atoms with Gasteiger partial charge in [-0.05, 0) is 47.4 Å². The van der Waals surface area contributed by atoms with Gasteiger partial charge in [0, 0.05) is 12.4 Å². The van der Waals surface area contributed by atoms with E-state index in [1.54, 1.807) is 18.2 Å². The number of hydrogen-bond donors (Lipinski definition) is 1. The van der Waals surface area contributed by atoms with Crippen LogP contribution in [0.25, 0.3) is 5.69 Å². The van der Waals surface area contributed by atoms with E-state index in [1.165, 1.54) is 0 Å². The quantitative estimate of drug-likeness (QED) is 0.746. The standard InChI is InChI=1S/C20H22N2O2S/c1-20(2,3)16-10-12-17(13-11-16)25(23,24)21-18-8-4-5-9-19(18)22-14-6-7-15-22/h4-15,21H,1-3H3. The highest BCUT2D eigenvalue weighted by molar-refractivity contribution is 7.92. The minimum atomic E-state index is -3.65. The Morgan fingerprint density at radius 1 is 0.840 bits per heavy atom. The van der Waals surface area contributed by atoms with Crippen molar-refractivity contribution in [1.29, 1.82) is 0 Å². The first-order valence-electron chi connectivity index (χ1n) is 8.13. The van der Waals surface area contributed by atoms with Gasteiger partial charge >= 0.3 is 0 Å². The number of hydrogen-bond acceptors (Lipinski definition) is 2. The molecule has 4 nitrogen and oxygen atoms in total. The fourth-order valence-electron chi connectivity index (χ4n) is 2.62. The van der Waals surface area contributed by atoms with Gasteiger partial charge < -0.3 is 4.57 Å². The van der Waals surface area contributed by atoms with Crippen LogP contribution in [0.2, 0.25) is 0 Å². The molecule has 2 aromatic carbocycles. The van der Waals surface area contributed by atoms with Gasteiger partial charge in [0.1, 0.15) is 0 Å². The lowest BCUT2D eigenvalue weighted by Gasteiger charge is -2.19. The number of para-hydroxylation sites is 2. The van der Waals surface area contributed by atoms with Gasteiger partial charge in [0.2, 0.25) is 0 Å². The molecule has 0 amide bonds. The third-order valence-electron chi connectivity index (χ3n) is 4.06. The summed E-state index contributed by atoms with van der Waals surface area (Å²) < 4.78 is 30.1. The summed E-state index contributed by atoms with van der Waals surface area (Å²) in [6, 6.07) is 18.2. The zero-order valence-electron chi connectivity index (χ0n) is 14.6. The molecule has 1 N–H and O–H groups in total. The Labute approximate surface area is 149 Å². The third kappa shape index (κ3) is 3.77. The monoisotopic (exact) mass is 354 g/mol. The van der Waals surface area contributed by atoms with Crippen molar-refractivity contribution in [3.63, 3.8) is 0 Å². The fourth-order valence-corrected chi connectivity index (χ4v) is 3.69. The van der Waals surface area contributed by atoms with Crippen molar-refractivity contribution in [2.24, 2.45) is 0 Å².